The summed E-state index contributed by atoms with van der Waals surface area (Å²) in [7, 11) is 0. The van der Waals surface area contributed by atoms with Crippen LogP contribution < -0.4 is 10.6 Å². The average Bonchev–Trinajstić information content (AvgIpc) is 3.65. The number of rotatable bonds is 7. The Bertz CT molecular complexity index is 717. The van der Waals surface area contributed by atoms with Gasteiger partial charge in [0.1, 0.15) is 6.54 Å². The van der Waals surface area contributed by atoms with E-state index in [4.69, 9.17) is 0 Å². The van der Waals surface area contributed by atoms with Gasteiger partial charge < -0.3 is 20.4 Å². The van der Waals surface area contributed by atoms with Gasteiger partial charge in [0.25, 0.3) is 0 Å². The fraction of sp³-hybridized carbons (Fsp3) is 0.680. The number of benzene rings is 1. The van der Waals surface area contributed by atoms with Gasteiger partial charge in [0, 0.05) is 44.8 Å². The van der Waals surface area contributed by atoms with Crippen LogP contribution in [-0.2, 0) is 11.2 Å². The number of guanidine groups is 1. The van der Waals surface area contributed by atoms with E-state index >= 15 is 0 Å². The normalized spacial score (nSPS) is 21.8. The summed E-state index contributed by atoms with van der Waals surface area (Å²) in [5.74, 6) is 1.62. The quantitative estimate of drug-likeness (QED) is 0.521. The number of hydrogen-bond donors (Lipinski definition) is 2. The molecule has 31 heavy (non-hydrogen) atoms. The monoisotopic (exact) mass is 425 g/mol. The Balaban J connectivity index is 1.20. The van der Waals surface area contributed by atoms with Crippen molar-refractivity contribution in [2.45, 2.75) is 64.0 Å². The highest BCUT2D eigenvalue weighted by Crippen LogP contribution is 2.29. The second-order valence-corrected chi connectivity index (χ2v) is 9.39. The Hall–Kier alpha value is -2.08. The van der Waals surface area contributed by atoms with Crippen LogP contribution in [0.2, 0.25) is 0 Å². The van der Waals surface area contributed by atoms with Gasteiger partial charge in [0.2, 0.25) is 5.91 Å². The fourth-order valence-corrected chi connectivity index (χ4v) is 4.94. The Labute approximate surface area is 187 Å². The van der Waals surface area contributed by atoms with Crippen molar-refractivity contribution in [3.63, 3.8) is 0 Å². The number of carbonyl (C=O) groups is 1. The summed E-state index contributed by atoms with van der Waals surface area (Å²) in [6, 6.07) is 12.0. The average molecular weight is 426 g/mol. The van der Waals surface area contributed by atoms with E-state index in [9.17, 15) is 4.79 Å². The predicted molar refractivity (Wildman–Crippen MR) is 126 cm³/mol. The summed E-state index contributed by atoms with van der Waals surface area (Å²) >= 11 is 0. The van der Waals surface area contributed by atoms with Crippen LogP contribution >= 0.6 is 0 Å². The van der Waals surface area contributed by atoms with E-state index in [0.717, 1.165) is 63.7 Å². The summed E-state index contributed by atoms with van der Waals surface area (Å²) in [5.41, 5.74) is 1.40. The molecule has 2 N–H and O–H groups in total. The van der Waals surface area contributed by atoms with Crippen LogP contribution in [0.4, 0.5) is 0 Å². The van der Waals surface area contributed by atoms with Crippen molar-refractivity contribution in [1.82, 2.24) is 20.4 Å². The second kappa shape index (κ2) is 11.0. The van der Waals surface area contributed by atoms with E-state index in [1.54, 1.807) is 0 Å². The van der Waals surface area contributed by atoms with Crippen LogP contribution in [0.5, 0.6) is 0 Å². The van der Waals surface area contributed by atoms with E-state index in [1.165, 1.54) is 31.5 Å². The Kier molecular flexibility index (Phi) is 7.84. The van der Waals surface area contributed by atoms with Crippen molar-refractivity contribution in [2.75, 3.05) is 39.3 Å². The topological polar surface area (TPSA) is 60.0 Å². The number of amides is 1. The van der Waals surface area contributed by atoms with Gasteiger partial charge in [0.05, 0.1) is 0 Å². The lowest BCUT2D eigenvalue weighted by molar-refractivity contribution is -0.130. The van der Waals surface area contributed by atoms with Crippen molar-refractivity contribution in [3.8, 4) is 0 Å². The Morgan fingerprint density at radius 3 is 2.35 bits per heavy atom. The Morgan fingerprint density at radius 1 is 1.00 bits per heavy atom. The van der Waals surface area contributed by atoms with E-state index in [-0.39, 0.29) is 12.5 Å². The lowest BCUT2D eigenvalue weighted by atomic mass is 9.90. The smallest absolute Gasteiger partial charge is 0.244 e. The predicted octanol–water partition coefficient (Wildman–Crippen LogP) is 2.65. The van der Waals surface area contributed by atoms with Gasteiger partial charge in [-0.25, -0.2) is 4.99 Å². The van der Waals surface area contributed by atoms with E-state index < -0.39 is 0 Å². The van der Waals surface area contributed by atoms with Crippen LogP contribution in [0, 0.1) is 5.92 Å². The number of nitrogens with zero attached hydrogens (tertiary/aromatic N) is 3. The van der Waals surface area contributed by atoms with E-state index in [0.29, 0.717) is 12.0 Å². The van der Waals surface area contributed by atoms with Crippen LogP contribution in [0.3, 0.4) is 0 Å². The summed E-state index contributed by atoms with van der Waals surface area (Å²) in [5, 5.41) is 6.89. The third kappa shape index (κ3) is 6.70. The Morgan fingerprint density at radius 2 is 1.71 bits per heavy atom. The molecular formula is C25H39N5O. The van der Waals surface area contributed by atoms with Gasteiger partial charge in [0.15, 0.2) is 5.96 Å². The van der Waals surface area contributed by atoms with Crippen molar-refractivity contribution < 1.29 is 4.79 Å². The number of aliphatic imine (C=N–C) groups is 1. The van der Waals surface area contributed by atoms with Crippen molar-refractivity contribution >= 4 is 11.9 Å². The molecule has 0 aromatic heterocycles. The molecule has 2 aliphatic heterocycles. The minimum Gasteiger partial charge on any atom is -0.357 e. The minimum atomic E-state index is 0.152. The standard InChI is InChI=1S/C25H39N5O/c1-2-26-25(28-22-12-16-29(17-13-22)23-8-9-23)27-19-24(31)30-14-10-21(11-15-30)18-20-6-4-3-5-7-20/h3-7,21-23H,2,8-19H2,1H3,(H2,26,27,28). The first kappa shape index (κ1) is 22.1. The first-order valence-electron chi connectivity index (χ1n) is 12.3. The highest BCUT2D eigenvalue weighted by atomic mass is 16.2. The third-order valence-corrected chi connectivity index (χ3v) is 6.98. The molecule has 0 unspecified atom stereocenters. The molecule has 2 heterocycles. The maximum atomic E-state index is 12.7. The molecule has 0 spiro atoms. The number of piperidine rings is 2. The molecule has 3 fully saturated rings. The lowest BCUT2D eigenvalue weighted by Crippen LogP contribution is -2.49. The molecule has 6 nitrogen and oxygen atoms in total. The zero-order chi connectivity index (χ0) is 21.5. The van der Waals surface area contributed by atoms with Gasteiger partial charge in [-0.05, 0) is 63.4 Å². The first-order valence-corrected chi connectivity index (χ1v) is 12.3. The fourth-order valence-electron chi connectivity index (χ4n) is 4.94. The molecule has 3 aliphatic rings. The van der Waals surface area contributed by atoms with E-state index in [1.807, 2.05) is 4.90 Å². The van der Waals surface area contributed by atoms with Gasteiger partial charge in [-0.3, -0.25) is 4.79 Å². The molecule has 2 saturated heterocycles. The van der Waals surface area contributed by atoms with Crippen LogP contribution in [0.15, 0.2) is 35.3 Å². The lowest BCUT2D eigenvalue weighted by Gasteiger charge is -2.33. The second-order valence-electron chi connectivity index (χ2n) is 9.39. The van der Waals surface area contributed by atoms with Gasteiger partial charge in [-0.15, -0.1) is 0 Å². The van der Waals surface area contributed by atoms with Gasteiger partial charge in [-0.1, -0.05) is 30.3 Å². The molecule has 1 aromatic rings. The van der Waals surface area contributed by atoms with Crippen LogP contribution in [0.25, 0.3) is 0 Å². The summed E-state index contributed by atoms with van der Waals surface area (Å²) in [4.78, 5) is 22.0. The zero-order valence-electron chi connectivity index (χ0n) is 19.1. The molecule has 170 valence electrons. The number of nitrogens with one attached hydrogen (secondary N) is 2. The molecule has 1 saturated carbocycles. The van der Waals surface area contributed by atoms with Gasteiger partial charge in [-0.2, -0.15) is 0 Å². The maximum absolute atomic E-state index is 12.7. The van der Waals surface area contributed by atoms with Crippen molar-refractivity contribution in [3.05, 3.63) is 35.9 Å². The molecule has 4 rings (SSSR count). The number of carbonyl (C=O) groups excluding carboxylic acids is 1. The summed E-state index contributed by atoms with van der Waals surface area (Å²) in [6.45, 7) is 7.19. The summed E-state index contributed by atoms with van der Waals surface area (Å²) < 4.78 is 0. The SMILES string of the molecule is CCNC(=NCC(=O)N1CCC(Cc2ccccc2)CC1)NC1CCN(C2CC2)CC1. The third-order valence-electron chi connectivity index (χ3n) is 6.98. The first-order chi connectivity index (χ1) is 15.2. The van der Waals surface area contributed by atoms with E-state index in [2.05, 4.69) is 57.8 Å². The van der Waals surface area contributed by atoms with Crippen molar-refractivity contribution in [1.29, 1.82) is 0 Å². The van der Waals surface area contributed by atoms with Crippen molar-refractivity contribution in [2.24, 2.45) is 10.9 Å². The number of likely N-dealkylation sites (tertiary alicyclic amines) is 2. The maximum Gasteiger partial charge on any atom is 0.244 e. The van der Waals surface area contributed by atoms with Gasteiger partial charge >= 0.3 is 0 Å². The highest BCUT2D eigenvalue weighted by Gasteiger charge is 2.32. The molecule has 1 amide bonds. The molecular weight excluding hydrogens is 386 g/mol. The largest absolute Gasteiger partial charge is 0.357 e. The molecule has 1 aliphatic carbocycles. The zero-order valence-corrected chi connectivity index (χ0v) is 19.1. The molecule has 0 atom stereocenters. The van der Waals surface area contributed by atoms with Crippen LogP contribution in [0.1, 0.15) is 51.0 Å². The summed E-state index contributed by atoms with van der Waals surface area (Å²) in [6.07, 6.45) is 8.37. The molecule has 6 heteroatoms. The number of hydrogen-bond acceptors (Lipinski definition) is 3. The molecule has 0 radical (unpaired) electrons. The molecule has 1 aromatic carbocycles. The minimum absolute atomic E-state index is 0.152. The van der Waals surface area contributed by atoms with Crippen LogP contribution in [-0.4, -0.2) is 73.0 Å². The molecule has 0 bridgehead atoms. The highest BCUT2D eigenvalue weighted by molar-refractivity contribution is 5.85.